The number of hydrogen-bond donors (Lipinski definition) is 1. The molecule has 4 heteroatoms. The standard InChI is InChI=1S/C16H29N3O/c1-13(2)9-17-10-15-12-20-16(18-15)19(3)11-14-7-5-4-6-8-14/h12-14,17H,4-11H2,1-3H3. The summed E-state index contributed by atoms with van der Waals surface area (Å²) in [6.07, 6.45) is 8.66. The maximum atomic E-state index is 5.60. The van der Waals surface area contributed by atoms with Crippen LogP contribution in [0.1, 0.15) is 51.6 Å². The van der Waals surface area contributed by atoms with Gasteiger partial charge < -0.3 is 14.6 Å². The van der Waals surface area contributed by atoms with E-state index in [0.29, 0.717) is 5.92 Å². The number of nitrogens with zero attached hydrogens (tertiary/aromatic N) is 2. The smallest absolute Gasteiger partial charge is 0.297 e. The molecular weight excluding hydrogens is 250 g/mol. The van der Waals surface area contributed by atoms with Crippen molar-refractivity contribution in [3.63, 3.8) is 0 Å². The van der Waals surface area contributed by atoms with Gasteiger partial charge in [-0.3, -0.25) is 0 Å². The van der Waals surface area contributed by atoms with E-state index in [1.54, 1.807) is 6.26 Å². The maximum Gasteiger partial charge on any atom is 0.297 e. The van der Waals surface area contributed by atoms with Crippen molar-refractivity contribution in [2.75, 3.05) is 25.0 Å². The first-order chi connectivity index (χ1) is 9.65. The molecule has 20 heavy (non-hydrogen) atoms. The van der Waals surface area contributed by atoms with Gasteiger partial charge in [-0.25, -0.2) is 0 Å². The van der Waals surface area contributed by atoms with Crippen LogP contribution in [0.25, 0.3) is 0 Å². The molecule has 0 amide bonds. The lowest BCUT2D eigenvalue weighted by atomic mass is 9.89. The molecule has 1 heterocycles. The molecule has 1 aliphatic carbocycles. The molecule has 0 unspecified atom stereocenters. The Hall–Kier alpha value is -1.03. The van der Waals surface area contributed by atoms with E-state index in [-0.39, 0.29) is 0 Å². The summed E-state index contributed by atoms with van der Waals surface area (Å²) in [6.45, 7) is 7.29. The largest absolute Gasteiger partial charge is 0.432 e. The summed E-state index contributed by atoms with van der Waals surface area (Å²) in [5, 5.41) is 3.39. The SMILES string of the molecule is CC(C)CNCc1coc(N(C)CC2CCCCC2)n1. The van der Waals surface area contributed by atoms with Gasteiger partial charge in [-0.05, 0) is 31.2 Å². The Balaban J connectivity index is 1.78. The fourth-order valence-electron chi connectivity index (χ4n) is 2.88. The van der Waals surface area contributed by atoms with Crippen LogP contribution in [0.3, 0.4) is 0 Å². The predicted octanol–water partition coefficient (Wildman–Crippen LogP) is 3.44. The lowest BCUT2D eigenvalue weighted by Crippen LogP contribution is -2.27. The van der Waals surface area contributed by atoms with Crippen LogP contribution in [0.15, 0.2) is 10.7 Å². The molecule has 1 aromatic rings. The van der Waals surface area contributed by atoms with Crippen LogP contribution >= 0.6 is 0 Å². The molecule has 114 valence electrons. The summed E-state index contributed by atoms with van der Waals surface area (Å²) in [6, 6.07) is 0.761. The highest BCUT2D eigenvalue weighted by Gasteiger charge is 2.17. The zero-order valence-corrected chi connectivity index (χ0v) is 13.2. The predicted molar refractivity (Wildman–Crippen MR) is 82.9 cm³/mol. The highest BCUT2D eigenvalue weighted by atomic mass is 16.4. The van der Waals surface area contributed by atoms with Crippen molar-refractivity contribution < 1.29 is 4.42 Å². The maximum absolute atomic E-state index is 5.60. The van der Waals surface area contributed by atoms with Crippen LogP contribution in [-0.2, 0) is 6.54 Å². The van der Waals surface area contributed by atoms with Crippen LogP contribution in [0.4, 0.5) is 6.01 Å². The number of anilines is 1. The van der Waals surface area contributed by atoms with Gasteiger partial charge in [0.05, 0.1) is 5.69 Å². The summed E-state index contributed by atoms with van der Waals surface area (Å²) in [5.41, 5.74) is 0.996. The third kappa shape index (κ3) is 4.82. The Morgan fingerprint density at radius 1 is 1.35 bits per heavy atom. The molecule has 0 aromatic carbocycles. The van der Waals surface area contributed by atoms with Crippen molar-refractivity contribution in [1.29, 1.82) is 0 Å². The van der Waals surface area contributed by atoms with E-state index in [0.717, 1.165) is 37.3 Å². The first-order valence-corrected chi connectivity index (χ1v) is 8.01. The molecule has 4 nitrogen and oxygen atoms in total. The highest BCUT2D eigenvalue weighted by molar-refractivity contribution is 5.25. The van der Waals surface area contributed by atoms with Crippen molar-refractivity contribution in [1.82, 2.24) is 10.3 Å². The molecule has 0 atom stereocenters. The molecule has 1 aliphatic rings. The van der Waals surface area contributed by atoms with E-state index in [4.69, 9.17) is 4.42 Å². The van der Waals surface area contributed by atoms with Gasteiger partial charge in [0.2, 0.25) is 0 Å². The molecule has 0 spiro atoms. The summed E-state index contributed by atoms with van der Waals surface area (Å²) < 4.78 is 5.60. The molecule has 1 saturated carbocycles. The van der Waals surface area contributed by atoms with Gasteiger partial charge in [-0.2, -0.15) is 4.98 Å². The molecule has 1 aromatic heterocycles. The fraction of sp³-hybridized carbons (Fsp3) is 0.812. The number of oxazole rings is 1. The molecule has 2 rings (SSSR count). The van der Waals surface area contributed by atoms with E-state index in [9.17, 15) is 0 Å². The first kappa shape index (κ1) is 15.4. The van der Waals surface area contributed by atoms with Crippen LogP contribution in [0.2, 0.25) is 0 Å². The second-order valence-corrected chi connectivity index (χ2v) is 6.53. The summed E-state index contributed by atoms with van der Waals surface area (Å²) in [4.78, 5) is 6.74. The van der Waals surface area contributed by atoms with Crippen LogP contribution in [0.5, 0.6) is 0 Å². The van der Waals surface area contributed by atoms with Crippen molar-refractivity contribution in [2.45, 2.75) is 52.5 Å². The third-order valence-electron chi connectivity index (χ3n) is 3.98. The van der Waals surface area contributed by atoms with Gasteiger partial charge >= 0.3 is 0 Å². The van der Waals surface area contributed by atoms with Gasteiger partial charge in [0, 0.05) is 20.1 Å². The zero-order chi connectivity index (χ0) is 14.4. The Morgan fingerprint density at radius 3 is 2.80 bits per heavy atom. The van der Waals surface area contributed by atoms with Gasteiger partial charge in [-0.1, -0.05) is 33.1 Å². The van der Waals surface area contributed by atoms with Crippen molar-refractivity contribution in [3.8, 4) is 0 Å². The van der Waals surface area contributed by atoms with Crippen LogP contribution in [-0.4, -0.2) is 25.1 Å². The average Bonchev–Trinajstić information content (AvgIpc) is 2.88. The van der Waals surface area contributed by atoms with Gasteiger partial charge in [0.25, 0.3) is 6.01 Å². The quantitative estimate of drug-likeness (QED) is 0.830. The molecule has 0 bridgehead atoms. The van der Waals surface area contributed by atoms with Crippen LogP contribution in [0, 0.1) is 11.8 Å². The minimum atomic E-state index is 0.662. The van der Waals surface area contributed by atoms with Gasteiger partial charge in [0.1, 0.15) is 6.26 Å². The molecule has 1 N–H and O–H groups in total. The molecular formula is C16H29N3O. The number of aromatic nitrogens is 1. The lowest BCUT2D eigenvalue weighted by molar-refractivity contribution is 0.356. The fourth-order valence-corrected chi connectivity index (χ4v) is 2.88. The molecule has 0 aliphatic heterocycles. The van der Waals surface area contributed by atoms with E-state index in [1.807, 2.05) is 0 Å². The number of hydrogen-bond acceptors (Lipinski definition) is 4. The first-order valence-electron chi connectivity index (χ1n) is 8.01. The number of rotatable bonds is 7. The Labute approximate surface area is 122 Å². The summed E-state index contributed by atoms with van der Waals surface area (Å²) in [7, 11) is 2.09. The Bertz CT molecular complexity index is 383. The minimum Gasteiger partial charge on any atom is -0.432 e. The Kier molecular flexibility index (Phi) is 5.89. The molecule has 0 radical (unpaired) electrons. The molecule has 0 saturated heterocycles. The van der Waals surface area contributed by atoms with Gasteiger partial charge in [0.15, 0.2) is 0 Å². The summed E-state index contributed by atoms with van der Waals surface area (Å²) in [5.74, 6) is 1.47. The van der Waals surface area contributed by atoms with E-state index < -0.39 is 0 Å². The molecule has 1 fully saturated rings. The second kappa shape index (κ2) is 7.67. The zero-order valence-electron chi connectivity index (χ0n) is 13.2. The normalized spacial score (nSPS) is 16.8. The van der Waals surface area contributed by atoms with Gasteiger partial charge in [-0.15, -0.1) is 0 Å². The lowest BCUT2D eigenvalue weighted by Gasteiger charge is -2.25. The van der Waals surface area contributed by atoms with Crippen LogP contribution < -0.4 is 10.2 Å². The van der Waals surface area contributed by atoms with Crippen molar-refractivity contribution >= 4 is 6.01 Å². The monoisotopic (exact) mass is 279 g/mol. The average molecular weight is 279 g/mol. The third-order valence-corrected chi connectivity index (χ3v) is 3.98. The van der Waals surface area contributed by atoms with E-state index in [2.05, 4.69) is 36.1 Å². The topological polar surface area (TPSA) is 41.3 Å². The summed E-state index contributed by atoms with van der Waals surface area (Å²) >= 11 is 0. The Morgan fingerprint density at radius 2 is 2.10 bits per heavy atom. The van der Waals surface area contributed by atoms with Crippen molar-refractivity contribution in [3.05, 3.63) is 12.0 Å². The second-order valence-electron chi connectivity index (χ2n) is 6.53. The van der Waals surface area contributed by atoms with E-state index >= 15 is 0 Å². The highest BCUT2D eigenvalue weighted by Crippen LogP contribution is 2.25. The van der Waals surface area contributed by atoms with Crippen molar-refractivity contribution in [2.24, 2.45) is 11.8 Å². The van der Waals surface area contributed by atoms with E-state index in [1.165, 1.54) is 32.1 Å². The number of nitrogens with one attached hydrogen (secondary N) is 1. The minimum absolute atomic E-state index is 0.662.